The van der Waals surface area contributed by atoms with E-state index in [-0.39, 0.29) is 11.5 Å². The van der Waals surface area contributed by atoms with E-state index in [0.29, 0.717) is 11.5 Å². The zero-order valence-corrected chi connectivity index (χ0v) is 10.1. The third-order valence-corrected chi connectivity index (χ3v) is 3.27. The molecule has 4 heteroatoms. The van der Waals surface area contributed by atoms with E-state index < -0.39 is 5.97 Å². The fraction of sp³-hybridized carbons (Fsp3) is 0.667. The Morgan fingerprint density at radius 3 is 2.06 bits per heavy atom. The molecule has 16 heavy (non-hydrogen) atoms. The van der Waals surface area contributed by atoms with Crippen molar-refractivity contribution in [3.63, 3.8) is 0 Å². The summed E-state index contributed by atoms with van der Waals surface area (Å²) in [5.74, 6) is -0.489. The van der Waals surface area contributed by atoms with Crippen molar-refractivity contribution in [3.05, 3.63) is 11.1 Å². The van der Waals surface area contributed by atoms with Crippen molar-refractivity contribution in [1.82, 2.24) is 4.90 Å². The highest BCUT2D eigenvalue weighted by molar-refractivity contribution is 6.01. The second-order valence-electron chi connectivity index (χ2n) is 4.53. The molecule has 0 aromatic rings. The van der Waals surface area contributed by atoms with E-state index in [1.54, 1.807) is 11.8 Å². The number of carboxylic acid groups (broad SMARTS) is 1. The predicted molar refractivity (Wildman–Crippen MR) is 61.0 cm³/mol. The maximum atomic E-state index is 12.0. The minimum Gasteiger partial charge on any atom is -0.478 e. The first kappa shape index (κ1) is 12.7. The topological polar surface area (TPSA) is 57.6 Å². The Balaban J connectivity index is 2.71. The molecule has 0 bridgehead atoms. The van der Waals surface area contributed by atoms with E-state index in [1.165, 1.54) is 6.92 Å². The SMILES string of the molecule is CC(C(=O)O)=C(C)C(=O)N1CCC(C)CC1. The fourth-order valence-corrected chi connectivity index (χ4v) is 1.77. The molecule has 0 aromatic carbocycles. The molecule has 0 aliphatic carbocycles. The zero-order chi connectivity index (χ0) is 12.3. The molecule has 0 saturated carbocycles. The molecule has 1 saturated heterocycles. The number of piperidine rings is 1. The second-order valence-corrected chi connectivity index (χ2v) is 4.53. The standard InChI is InChI=1S/C12H19NO3/c1-8-4-6-13(7-5-8)11(14)9(2)10(3)12(15)16/h8H,4-7H2,1-3H3,(H,15,16). The number of hydrogen-bond donors (Lipinski definition) is 1. The van der Waals surface area contributed by atoms with Crippen LogP contribution in [0.5, 0.6) is 0 Å². The highest BCUT2D eigenvalue weighted by atomic mass is 16.4. The summed E-state index contributed by atoms with van der Waals surface area (Å²) in [6.07, 6.45) is 2.01. The number of hydrogen-bond acceptors (Lipinski definition) is 2. The van der Waals surface area contributed by atoms with Gasteiger partial charge in [-0.25, -0.2) is 4.79 Å². The van der Waals surface area contributed by atoms with Crippen molar-refractivity contribution in [2.24, 2.45) is 5.92 Å². The number of amides is 1. The fourth-order valence-electron chi connectivity index (χ4n) is 1.77. The molecule has 4 nitrogen and oxygen atoms in total. The molecule has 0 atom stereocenters. The number of likely N-dealkylation sites (tertiary alicyclic amines) is 1. The van der Waals surface area contributed by atoms with Gasteiger partial charge in [-0.05, 0) is 32.6 Å². The first-order chi connectivity index (χ1) is 7.43. The van der Waals surface area contributed by atoms with Crippen molar-refractivity contribution in [1.29, 1.82) is 0 Å². The van der Waals surface area contributed by atoms with Crippen LogP contribution in [0.3, 0.4) is 0 Å². The van der Waals surface area contributed by atoms with E-state index in [4.69, 9.17) is 5.11 Å². The molecule has 1 N–H and O–H groups in total. The minimum absolute atomic E-state index is 0.133. The number of carboxylic acids is 1. The van der Waals surface area contributed by atoms with Gasteiger partial charge >= 0.3 is 5.97 Å². The molecular weight excluding hydrogens is 206 g/mol. The minimum atomic E-state index is -1.02. The third kappa shape index (κ3) is 2.84. The molecule has 0 radical (unpaired) electrons. The average Bonchev–Trinajstić information content (AvgIpc) is 2.27. The van der Waals surface area contributed by atoms with Crippen LogP contribution in [0.1, 0.15) is 33.6 Å². The number of carbonyl (C=O) groups is 2. The lowest BCUT2D eigenvalue weighted by Gasteiger charge is -2.30. The molecule has 90 valence electrons. The van der Waals surface area contributed by atoms with Gasteiger partial charge in [-0.3, -0.25) is 4.79 Å². The Hall–Kier alpha value is -1.32. The lowest BCUT2D eigenvalue weighted by Crippen LogP contribution is -2.38. The number of aliphatic carboxylic acids is 1. The summed E-state index contributed by atoms with van der Waals surface area (Å²) in [6.45, 7) is 6.72. The molecule has 1 aliphatic rings. The molecule has 0 unspecified atom stereocenters. The third-order valence-electron chi connectivity index (χ3n) is 3.27. The van der Waals surface area contributed by atoms with Gasteiger partial charge in [0.2, 0.25) is 5.91 Å². The van der Waals surface area contributed by atoms with E-state index in [1.807, 2.05) is 0 Å². The monoisotopic (exact) mass is 225 g/mol. The Labute approximate surface area is 95.9 Å². The molecular formula is C12H19NO3. The van der Waals surface area contributed by atoms with Crippen LogP contribution in [0.25, 0.3) is 0 Å². The first-order valence-electron chi connectivity index (χ1n) is 5.63. The van der Waals surface area contributed by atoms with Crippen molar-refractivity contribution in [3.8, 4) is 0 Å². The van der Waals surface area contributed by atoms with Crippen molar-refractivity contribution in [2.75, 3.05) is 13.1 Å². The van der Waals surface area contributed by atoms with Crippen molar-refractivity contribution < 1.29 is 14.7 Å². The van der Waals surface area contributed by atoms with Gasteiger partial charge in [0.1, 0.15) is 0 Å². The van der Waals surface area contributed by atoms with Crippen LogP contribution in [-0.4, -0.2) is 35.0 Å². The maximum Gasteiger partial charge on any atom is 0.331 e. The van der Waals surface area contributed by atoms with Crippen LogP contribution >= 0.6 is 0 Å². The summed E-state index contributed by atoms with van der Waals surface area (Å²) in [7, 11) is 0. The molecule has 1 amide bonds. The van der Waals surface area contributed by atoms with Crippen LogP contribution in [0.15, 0.2) is 11.1 Å². The number of nitrogens with zero attached hydrogens (tertiary/aromatic N) is 1. The number of rotatable bonds is 2. The van der Waals surface area contributed by atoms with Gasteiger partial charge in [-0.1, -0.05) is 6.92 Å². The average molecular weight is 225 g/mol. The predicted octanol–water partition coefficient (Wildman–Crippen LogP) is 1.67. The van der Waals surface area contributed by atoms with Gasteiger partial charge in [-0.15, -0.1) is 0 Å². The summed E-state index contributed by atoms with van der Waals surface area (Å²) >= 11 is 0. The highest BCUT2D eigenvalue weighted by Gasteiger charge is 2.23. The van der Waals surface area contributed by atoms with E-state index >= 15 is 0 Å². The Morgan fingerprint density at radius 2 is 1.62 bits per heavy atom. The van der Waals surface area contributed by atoms with Crippen LogP contribution in [-0.2, 0) is 9.59 Å². The lowest BCUT2D eigenvalue weighted by molar-refractivity contribution is -0.134. The lowest BCUT2D eigenvalue weighted by atomic mass is 9.98. The Morgan fingerprint density at radius 1 is 1.12 bits per heavy atom. The van der Waals surface area contributed by atoms with Crippen molar-refractivity contribution >= 4 is 11.9 Å². The molecule has 1 fully saturated rings. The van der Waals surface area contributed by atoms with E-state index in [9.17, 15) is 9.59 Å². The molecule has 0 spiro atoms. The van der Waals surface area contributed by atoms with E-state index in [2.05, 4.69) is 6.92 Å². The summed E-state index contributed by atoms with van der Waals surface area (Å²) in [4.78, 5) is 24.5. The Bertz CT molecular complexity index is 325. The first-order valence-corrected chi connectivity index (χ1v) is 5.63. The molecule has 0 aromatic heterocycles. The normalized spacial score (nSPS) is 19.3. The number of carbonyl (C=O) groups excluding carboxylic acids is 1. The van der Waals surface area contributed by atoms with Crippen LogP contribution in [0.4, 0.5) is 0 Å². The highest BCUT2D eigenvalue weighted by Crippen LogP contribution is 2.18. The zero-order valence-electron chi connectivity index (χ0n) is 10.1. The maximum absolute atomic E-state index is 12.0. The van der Waals surface area contributed by atoms with Crippen LogP contribution < -0.4 is 0 Å². The van der Waals surface area contributed by atoms with Crippen LogP contribution in [0.2, 0.25) is 0 Å². The summed E-state index contributed by atoms with van der Waals surface area (Å²) in [5, 5.41) is 8.81. The Kier molecular flexibility index (Phi) is 4.10. The van der Waals surface area contributed by atoms with Crippen LogP contribution in [0, 0.1) is 5.92 Å². The summed E-state index contributed by atoms with van der Waals surface area (Å²) < 4.78 is 0. The summed E-state index contributed by atoms with van der Waals surface area (Å²) in [5.41, 5.74) is 0.491. The van der Waals surface area contributed by atoms with Gasteiger partial charge in [0.15, 0.2) is 0 Å². The van der Waals surface area contributed by atoms with E-state index in [0.717, 1.165) is 25.9 Å². The summed E-state index contributed by atoms with van der Waals surface area (Å²) in [6, 6.07) is 0. The van der Waals surface area contributed by atoms with Crippen molar-refractivity contribution in [2.45, 2.75) is 33.6 Å². The van der Waals surface area contributed by atoms with Gasteiger partial charge in [0.05, 0.1) is 0 Å². The second kappa shape index (κ2) is 5.14. The largest absolute Gasteiger partial charge is 0.478 e. The van der Waals surface area contributed by atoms with Gasteiger partial charge < -0.3 is 10.0 Å². The molecule has 1 aliphatic heterocycles. The van der Waals surface area contributed by atoms with Gasteiger partial charge in [-0.2, -0.15) is 0 Å². The van der Waals surface area contributed by atoms with Gasteiger partial charge in [0.25, 0.3) is 0 Å². The van der Waals surface area contributed by atoms with Gasteiger partial charge in [0, 0.05) is 24.2 Å². The smallest absolute Gasteiger partial charge is 0.331 e. The molecule has 1 heterocycles. The quantitative estimate of drug-likeness (QED) is 0.727. The molecule has 1 rings (SSSR count).